The molecule has 0 saturated heterocycles. The van der Waals surface area contributed by atoms with Gasteiger partial charge in [0.2, 0.25) is 0 Å². The van der Waals surface area contributed by atoms with E-state index in [1.165, 1.54) is 17.2 Å². The fourth-order valence-corrected chi connectivity index (χ4v) is 3.22. The monoisotopic (exact) mass is 386 g/mol. The molecule has 3 nitrogen and oxygen atoms in total. The molecule has 0 radical (unpaired) electrons. The zero-order valence-corrected chi connectivity index (χ0v) is 16.4. The van der Waals surface area contributed by atoms with Crippen LogP contribution in [0.15, 0.2) is 84.0 Å². The van der Waals surface area contributed by atoms with Gasteiger partial charge in [0.05, 0.1) is 0 Å². The molecule has 0 atom stereocenters. The van der Waals surface area contributed by atoms with Crippen molar-refractivity contribution < 1.29 is 9.13 Å². The molecule has 4 heteroatoms. The summed E-state index contributed by atoms with van der Waals surface area (Å²) < 4.78 is 20.2. The molecule has 0 bridgehead atoms. The molecule has 0 fully saturated rings. The Hall–Kier alpha value is -3.40. The highest BCUT2D eigenvalue weighted by Crippen LogP contribution is 2.25. The molecule has 29 heavy (non-hydrogen) atoms. The number of nitrogens with zero attached hydrogens (tertiary/aromatic N) is 2. The average Bonchev–Trinajstić information content (AvgIpc) is 2.75. The van der Waals surface area contributed by atoms with E-state index in [0.717, 1.165) is 23.2 Å². The van der Waals surface area contributed by atoms with Gasteiger partial charge >= 0.3 is 0 Å². The van der Waals surface area contributed by atoms with Crippen molar-refractivity contribution in [3.05, 3.63) is 107 Å². The third-order valence-corrected chi connectivity index (χ3v) is 4.82. The van der Waals surface area contributed by atoms with Crippen LogP contribution in [-0.4, -0.2) is 17.8 Å². The van der Waals surface area contributed by atoms with Crippen LogP contribution in [-0.2, 0) is 13.2 Å². The second-order valence-electron chi connectivity index (χ2n) is 7.19. The van der Waals surface area contributed by atoms with E-state index in [4.69, 9.17) is 4.74 Å². The number of allylic oxidation sites excluding steroid dienone is 1. The molecule has 0 N–H and O–H groups in total. The number of aliphatic imine (C=N–C) groups is 1. The predicted octanol–water partition coefficient (Wildman–Crippen LogP) is 5.60. The van der Waals surface area contributed by atoms with E-state index >= 15 is 0 Å². The van der Waals surface area contributed by atoms with Gasteiger partial charge < -0.3 is 9.64 Å². The van der Waals surface area contributed by atoms with Crippen molar-refractivity contribution in [1.82, 2.24) is 4.90 Å². The molecule has 3 aromatic rings. The summed E-state index contributed by atoms with van der Waals surface area (Å²) >= 11 is 0. The molecule has 0 aromatic heterocycles. The quantitative estimate of drug-likeness (QED) is 0.551. The van der Waals surface area contributed by atoms with Crippen LogP contribution in [0, 0.1) is 12.7 Å². The van der Waals surface area contributed by atoms with Gasteiger partial charge in [0, 0.05) is 24.5 Å². The molecule has 0 spiro atoms. The summed E-state index contributed by atoms with van der Waals surface area (Å²) in [6.07, 6.45) is 3.83. The summed E-state index contributed by atoms with van der Waals surface area (Å²) in [5.41, 5.74) is 5.14. The topological polar surface area (TPSA) is 24.8 Å². The van der Waals surface area contributed by atoms with Crippen molar-refractivity contribution in [2.75, 3.05) is 6.67 Å². The Balaban J connectivity index is 1.45. The molecule has 0 aliphatic carbocycles. The van der Waals surface area contributed by atoms with Gasteiger partial charge in [-0.3, -0.25) is 4.99 Å². The van der Waals surface area contributed by atoms with E-state index in [-0.39, 0.29) is 11.6 Å². The van der Waals surface area contributed by atoms with Crippen molar-refractivity contribution in [3.8, 4) is 5.75 Å². The molecule has 0 unspecified atom stereocenters. The van der Waals surface area contributed by atoms with Crippen LogP contribution in [0.3, 0.4) is 0 Å². The third kappa shape index (κ3) is 4.91. The maximum Gasteiger partial charge on any atom is 0.165 e. The third-order valence-electron chi connectivity index (χ3n) is 4.82. The van der Waals surface area contributed by atoms with E-state index in [1.807, 2.05) is 42.6 Å². The first-order valence-electron chi connectivity index (χ1n) is 9.65. The first kappa shape index (κ1) is 18.9. The summed E-state index contributed by atoms with van der Waals surface area (Å²) in [4.78, 5) is 6.56. The minimum absolute atomic E-state index is 0.252. The SMILES string of the molecule is Cc1ccc(CN2C=C(c3ccc(OCc4ccccc4)c(F)c3)C=NC2)cc1. The molecule has 3 aromatic carbocycles. The number of halogens is 1. The second kappa shape index (κ2) is 8.74. The maximum absolute atomic E-state index is 14.6. The first-order valence-corrected chi connectivity index (χ1v) is 9.65. The number of ether oxygens (including phenoxy) is 1. The molecule has 1 aliphatic rings. The van der Waals surface area contributed by atoms with Crippen LogP contribution in [0.25, 0.3) is 5.57 Å². The lowest BCUT2D eigenvalue weighted by molar-refractivity contribution is 0.290. The van der Waals surface area contributed by atoms with Crippen LogP contribution < -0.4 is 4.74 Å². The average molecular weight is 386 g/mol. The summed E-state index contributed by atoms with van der Waals surface area (Å²) in [6, 6.07) is 23.3. The zero-order chi connectivity index (χ0) is 20.1. The first-order chi connectivity index (χ1) is 14.2. The van der Waals surface area contributed by atoms with Gasteiger partial charge in [-0.2, -0.15) is 0 Å². The van der Waals surface area contributed by atoms with Gasteiger partial charge in [0.1, 0.15) is 13.3 Å². The Bertz CT molecular complexity index is 1030. The van der Waals surface area contributed by atoms with Crippen molar-refractivity contribution in [2.45, 2.75) is 20.1 Å². The summed E-state index contributed by atoms with van der Waals surface area (Å²) in [6.45, 7) is 3.78. The highest BCUT2D eigenvalue weighted by molar-refractivity contribution is 6.10. The molecular weight excluding hydrogens is 363 g/mol. The summed E-state index contributed by atoms with van der Waals surface area (Å²) in [7, 11) is 0. The lowest BCUT2D eigenvalue weighted by Gasteiger charge is -2.23. The lowest BCUT2D eigenvalue weighted by atomic mass is 10.1. The van der Waals surface area contributed by atoms with Crippen molar-refractivity contribution in [3.63, 3.8) is 0 Å². The van der Waals surface area contributed by atoms with Crippen LogP contribution in [0.4, 0.5) is 4.39 Å². The van der Waals surface area contributed by atoms with Gasteiger partial charge in [0.25, 0.3) is 0 Å². The van der Waals surface area contributed by atoms with E-state index in [9.17, 15) is 4.39 Å². The van der Waals surface area contributed by atoms with Crippen molar-refractivity contribution in [2.24, 2.45) is 4.99 Å². The molecule has 4 rings (SSSR count). The zero-order valence-electron chi connectivity index (χ0n) is 16.4. The van der Waals surface area contributed by atoms with Crippen LogP contribution >= 0.6 is 0 Å². The maximum atomic E-state index is 14.6. The predicted molar refractivity (Wildman–Crippen MR) is 115 cm³/mol. The van der Waals surface area contributed by atoms with Gasteiger partial charge in [-0.1, -0.05) is 66.2 Å². The molecule has 0 amide bonds. The smallest absolute Gasteiger partial charge is 0.165 e. The largest absolute Gasteiger partial charge is 0.486 e. The fraction of sp³-hybridized carbons (Fsp3) is 0.160. The van der Waals surface area contributed by atoms with Crippen molar-refractivity contribution in [1.29, 1.82) is 0 Å². The minimum Gasteiger partial charge on any atom is -0.486 e. The summed E-state index contributed by atoms with van der Waals surface area (Å²) in [5, 5.41) is 0. The fourth-order valence-electron chi connectivity index (χ4n) is 3.22. The minimum atomic E-state index is -0.372. The number of benzene rings is 3. The molecule has 1 aliphatic heterocycles. The number of aryl methyl sites for hydroxylation is 1. The van der Waals surface area contributed by atoms with Crippen LogP contribution in [0.1, 0.15) is 22.3 Å². The Labute approximate surface area is 170 Å². The van der Waals surface area contributed by atoms with Gasteiger partial charge in [-0.15, -0.1) is 0 Å². The van der Waals surface area contributed by atoms with Gasteiger partial charge in [0.15, 0.2) is 11.6 Å². The number of rotatable bonds is 6. The molecular formula is C25H23FN2O. The number of hydrogen-bond acceptors (Lipinski definition) is 3. The lowest BCUT2D eigenvalue weighted by Crippen LogP contribution is -2.20. The van der Waals surface area contributed by atoms with E-state index in [1.54, 1.807) is 12.3 Å². The normalized spacial score (nSPS) is 13.3. The Morgan fingerprint density at radius 2 is 1.76 bits per heavy atom. The van der Waals surface area contributed by atoms with E-state index < -0.39 is 0 Å². The number of hydrogen-bond donors (Lipinski definition) is 0. The van der Waals surface area contributed by atoms with E-state index in [2.05, 4.69) is 41.1 Å². The highest BCUT2D eigenvalue weighted by atomic mass is 19.1. The van der Waals surface area contributed by atoms with Crippen LogP contribution in [0.2, 0.25) is 0 Å². The van der Waals surface area contributed by atoms with E-state index in [0.29, 0.717) is 13.3 Å². The Morgan fingerprint density at radius 1 is 0.966 bits per heavy atom. The summed E-state index contributed by atoms with van der Waals surface area (Å²) in [5.74, 6) is -0.120. The van der Waals surface area contributed by atoms with Gasteiger partial charge in [-0.05, 0) is 35.7 Å². The molecule has 0 saturated carbocycles. The molecule has 1 heterocycles. The Morgan fingerprint density at radius 3 is 2.52 bits per heavy atom. The van der Waals surface area contributed by atoms with Crippen LogP contribution in [0.5, 0.6) is 5.75 Å². The standard InChI is InChI=1S/C25H23FN2O/c1-19-7-9-20(10-8-19)15-28-16-23(14-27-18-28)22-11-12-25(24(26)13-22)29-17-21-5-3-2-4-6-21/h2-14,16H,15,17-18H2,1H3. The second-order valence-corrected chi connectivity index (χ2v) is 7.19. The Kier molecular flexibility index (Phi) is 5.71. The van der Waals surface area contributed by atoms with Crippen molar-refractivity contribution >= 4 is 11.8 Å². The molecule has 146 valence electrons. The highest BCUT2D eigenvalue weighted by Gasteiger charge is 2.12. The van der Waals surface area contributed by atoms with Gasteiger partial charge in [-0.25, -0.2) is 4.39 Å².